The minimum atomic E-state index is -0.730. The molecule has 1 aromatic heterocycles. The van der Waals surface area contributed by atoms with Crippen molar-refractivity contribution in [1.29, 1.82) is 0 Å². The number of aliphatic hydroxyl groups excluding tert-OH is 1. The van der Waals surface area contributed by atoms with Crippen molar-refractivity contribution in [2.24, 2.45) is 0 Å². The van der Waals surface area contributed by atoms with Crippen LogP contribution < -0.4 is 10.6 Å². The predicted molar refractivity (Wildman–Crippen MR) is 93.5 cm³/mol. The van der Waals surface area contributed by atoms with Gasteiger partial charge in [0.15, 0.2) is 0 Å². The summed E-state index contributed by atoms with van der Waals surface area (Å²) < 4.78 is 0. The van der Waals surface area contributed by atoms with Crippen LogP contribution in [0.4, 0.5) is 4.79 Å². The molecule has 3 aromatic rings. The van der Waals surface area contributed by atoms with E-state index >= 15 is 0 Å². The number of fused-ring (bicyclic) bond motifs is 1. The fourth-order valence-electron chi connectivity index (χ4n) is 2.36. The molecule has 0 radical (unpaired) electrons. The summed E-state index contributed by atoms with van der Waals surface area (Å²) in [4.78, 5) is 11.8. The number of nitrogens with one attached hydrogen (secondary N) is 2. The number of carbonyl (C=O) groups is 1. The summed E-state index contributed by atoms with van der Waals surface area (Å²) in [5.74, 6) is 0. The Hall–Kier alpha value is -2.37. The van der Waals surface area contributed by atoms with E-state index in [9.17, 15) is 9.90 Å². The Labute approximate surface area is 138 Å². The second-order valence-corrected chi connectivity index (χ2v) is 6.10. The second kappa shape index (κ2) is 7.26. The monoisotopic (exact) mass is 326 g/mol. The first-order chi connectivity index (χ1) is 11.2. The van der Waals surface area contributed by atoms with Crippen molar-refractivity contribution in [2.45, 2.75) is 12.6 Å². The number of hydrogen-bond donors (Lipinski definition) is 3. The van der Waals surface area contributed by atoms with Crippen LogP contribution in [-0.4, -0.2) is 17.7 Å². The first-order valence-corrected chi connectivity index (χ1v) is 8.36. The summed E-state index contributed by atoms with van der Waals surface area (Å²) in [6.07, 6.45) is -0.730. The summed E-state index contributed by atoms with van der Waals surface area (Å²) in [6.45, 7) is 0.662. The van der Waals surface area contributed by atoms with Gasteiger partial charge in [0.25, 0.3) is 0 Å². The maximum Gasteiger partial charge on any atom is 0.315 e. The molecule has 0 aliphatic carbocycles. The summed E-state index contributed by atoms with van der Waals surface area (Å²) in [7, 11) is 0. The maximum absolute atomic E-state index is 11.8. The SMILES string of the molecule is O=C(NCc1ccsc1)NC[C@H](O)c1ccc2ccccc2c1. The lowest BCUT2D eigenvalue weighted by molar-refractivity contribution is 0.173. The molecule has 3 rings (SSSR count). The van der Waals surface area contributed by atoms with Crippen LogP contribution >= 0.6 is 11.3 Å². The van der Waals surface area contributed by atoms with Gasteiger partial charge in [0.2, 0.25) is 0 Å². The van der Waals surface area contributed by atoms with Crippen molar-refractivity contribution >= 4 is 28.1 Å². The molecule has 23 heavy (non-hydrogen) atoms. The molecule has 0 fully saturated rings. The highest BCUT2D eigenvalue weighted by molar-refractivity contribution is 7.07. The lowest BCUT2D eigenvalue weighted by Gasteiger charge is -2.13. The zero-order chi connectivity index (χ0) is 16.1. The van der Waals surface area contributed by atoms with Gasteiger partial charge in [0.1, 0.15) is 0 Å². The Kier molecular flexibility index (Phi) is 4.90. The molecule has 0 unspecified atom stereocenters. The van der Waals surface area contributed by atoms with Crippen LogP contribution in [-0.2, 0) is 6.54 Å². The molecule has 0 saturated carbocycles. The Morgan fingerprint density at radius 1 is 1.09 bits per heavy atom. The normalized spacial score (nSPS) is 12.0. The Balaban J connectivity index is 1.53. The van der Waals surface area contributed by atoms with Crippen molar-refractivity contribution in [3.05, 3.63) is 70.4 Å². The van der Waals surface area contributed by atoms with Crippen LogP contribution in [0.2, 0.25) is 0 Å². The third-order valence-electron chi connectivity index (χ3n) is 3.65. The molecular formula is C18H18N2O2S. The van der Waals surface area contributed by atoms with E-state index in [2.05, 4.69) is 10.6 Å². The molecule has 3 N–H and O–H groups in total. The van der Waals surface area contributed by atoms with Crippen molar-refractivity contribution in [3.8, 4) is 0 Å². The van der Waals surface area contributed by atoms with Gasteiger partial charge in [0, 0.05) is 13.1 Å². The number of hydrogen-bond acceptors (Lipinski definition) is 3. The first-order valence-electron chi connectivity index (χ1n) is 7.42. The van der Waals surface area contributed by atoms with Gasteiger partial charge in [-0.15, -0.1) is 0 Å². The lowest BCUT2D eigenvalue weighted by Crippen LogP contribution is -2.37. The molecule has 0 aliphatic rings. The highest BCUT2D eigenvalue weighted by Gasteiger charge is 2.10. The number of thiophene rings is 1. The average Bonchev–Trinajstić information content (AvgIpc) is 3.11. The highest BCUT2D eigenvalue weighted by Crippen LogP contribution is 2.20. The van der Waals surface area contributed by atoms with E-state index in [1.165, 1.54) is 0 Å². The number of aliphatic hydroxyl groups is 1. The minimum absolute atomic E-state index is 0.174. The van der Waals surface area contributed by atoms with Gasteiger partial charge < -0.3 is 15.7 Å². The number of carbonyl (C=O) groups excluding carboxylic acids is 1. The molecule has 5 heteroatoms. The standard InChI is InChI=1S/C18H18N2O2S/c21-17(11-20-18(22)19-10-13-7-8-23-12-13)16-6-5-14-3-1-2-4-15(14)9-16/h1-9,12,17,21H,10-11H2,(H2,19,20,22)/t17-/m0/s1. The Morgan fingerprint density at radius 2 is 1.91 bits per heavy atom. The van der Waals surface area contributed by atoms with Gasteiger partial charge in [-0.2, -0.15) is 11.3 Å². The van der Waals surface area contributed by atoms with E-state index in [-0.39, 0.29) is 12.6 Å². The summed E-state index contributed by atoms with van der Waals surface area (Å²) in [5.41, 5.74) is 1.86. The largest absolute Gasteiger partial charge is 0.387 e. The molecule has 4 nitrogen and oxygen atoms in total. The third-order valence-corrected chi connectivity index (χ3v) is 4.38. The quantitative estimate of drug-likeness (QED) is 0.672. The van der Waals surface area contributed by atoms with Crippen LogP contribution in [0.25, 0.3) is 10.8 Å². The van der Waals surface area contributed by atoms with E-state index in [1.54, 1.807) is 11.3 Å². The first kappa shape index (κ1) is 15.5. The highest BCUT2D eigenvalue weighted by atomic mass is 32.1. The summed E-state index contributed by atoms with van der Waals surface area (Å²) >= 11 is 1.60. The second-order valence-electron chi connectivity index (χ2n) is 5.32. The molecular weight excluding hydrogens is 308 g/mol. The Bertz CT molecular complexity index is 787. The third kappa shape index (κ3) is 4.09. The molecule has 0 aliphatic heterocycles. The molecule has 2 amide bonds. The molecule has 118 valence electrons. The van der Waals surface area contributed by atoms with Crippen molar-refractivity contribution < 1.29 is 9.90 Å². The fraction of sp³-hybridized carbons (Fsp3) is 0.167. The molecule has 2 aromatic carbocycles. The van der Waals surface area contributed by atoms with Gasteiger partial charge in [0.05, 0.1) is 6.10 Å². The lowest BCUT2D eigenvalue weighted by atomic mass is 10.0. The van der Waals surface area contributed by atoms with Crippen molar-refractivity contribution in [1.82, 2.24) is 10.6 Å². The number of amides is 2. The van der Waals surface area contributed by atoms with Gasteiger partial charge in [-0.3, -0.25) is 0 Å². The van der Waals surface area contributed by atoms with E-state index in [0.29, 0.717) is 6.54 Å². The molecule has 0 saturated heterocycles. The maximum atomic E-state index is 11.8. The van der Waals surface area contributed by atoms with Crippen LogP contribution in [0, 0.1) is 0 Å². The zero-order valence-corrected chi connectivity index (χ0v) is 13.3. The minimum Gasteiger partial charge on any atom is -0.387 e. The smallest absolute Gasteiger partial charge is 0.315 e. The molecule has 1 atom stereocenters. The summed E-state index contributed by atoms with van der Waals surface area (Å²) in [5, 5.41) is 21.9. The van der Waals surface area contributed by atoms with Crippen LogP contribution in [0.5, 0.6) is 0 Å². The van der Waals surface area contributed by atoms with Gasteiger partial charge in [-0.1, -0.05) is 36.4 Å². The van der Waals surface area contributed by atoms with E-state index < -0.39 is 6.10 Å². The van der Waals surface area contributed by atoms with Gasteiger partial charge in [-0.25, -0.2) is 4.79 Å². The average molecular weight is 326 g/mol. The van der Waals surface area contributed by atoms with Crippen LogP contribution in [0.15, 0.2) is 59.3 Å². The number of rotatable bonds is 5. The summed E-state index contributed by atoms with van der Waals surface area (Å²) in [6, 6.07) is 15.5. The van der Waals surface area contributed by atoms with E-state index in [1.807, 2.05) is 59.3 Å². The predicted octanol–water partition coefficient (Wildman–Crippen LogP) is 3.43. The number of urea groups is 1. The van der Waals surface area contributed by atoms with Gasteiger partial charge >= 0.3 is 6.03 Å². The van der Waals surface area contributed by atoms with Crippen molar-refractivity contribution in [2.75, 3.05) is 6.54 Å². The van der Waals surface area contributed by atoms with Crippen molar-refractivity contribution in [3.63, 3.8) is 0 Å². The molecule has 0 bridgehead atoms. The number of benzene rings is 2. The van der Waals surface area contributed by atoms with Crippen LogP contribution in [0.1, 0.15) is 17.2 Å². The fourth-order valence-corrected chi connectivity index (χ4v) is 3.03. The van der Waals surface area contributed by atoms with E-state index in [4.69, 9.17) is 0 Å². The Morgan fingerprint density at radius 3 is 2.70 bits per heavy atom. The zero-order valence-electron chi connectivity index (χ0n) is 12.5. The van der Waals surface area contributed by atoms with E-state index in [0.717, 1.165) is 21.9 Å². The topological polar surface area (TPSA) is 61.4 Å². The molecule has 1 heterocycles. The van der Waals surface area contributed by atoms with Crippen LogP contribution in [0.3, 0.4) is 0 Å². The van der Waals surface area contributed by atoms with Gasteiger partial charge in [-0.05, 0) is 44.8 Å². The molecule has 0 spiro atoms.